The maximum Gasteiger partial charge on any atom is 0.261 e. The third-order valence-corrected chi connectivity index (χ3v) is 9.04. The van der Waals surface area contributed by atoms with Gasteiger partial charge in [0.1, 0.15) is 11.9 Å². The number of nitrogens with one attached hydrogen (secondary N) is 1. The first kappa shape index (κ1) is 29.3. The summed E-state index contributed by atoms with van der Waals surface area (Å²) < 4.78 is 27.6. The number of aliphatic imine (C=N–C) groups is 1. The quantitative estimate of drug-likeness (QED) is 0.210. The fraction of sp³-hybridized carbons (Fsp3) is 0.324. The number of nitrogens with zero attached hydrogens (tertiary/aromatic N) is 4. The summed E-state index contributed by atoms with van der Waals surface area (Å²) >= 11 is 1.74. The van der Waals surface area contributed by atoms with Crippen molar-refractivity contribution in [1.29, 1.82) is 0 Å². The second-order valence-corrected chi connectivity index (χ2v) is 12.9. The van der Waals surface area contributed by atoms with Crippen molar-refractivity contribution >= 4 is 28.3 Å². The van der Waals surface area contributed by atoms with Crippen molar-refractivity contribution < 1.29 is 8.78 Å². The van der Waals surface area contributed by atoms with Crippen LogP contribution in [0.1, 0.15) is 53.8 Å². The second kappa shape index (κ2) is 11.7. The molecule has 0 saturated carbocycles. The number of allylic oxidation sites excluding steroid dienone is 6. The largest absolute Gasteiger partial charge is 0.354 e. The molecule has 3 aliphatic heterocycles. The lowest BCUT2D eigenvalue weighted by molar-refractivity contribution is 0.0131. The molecule has 0 spiro atoms. The predicted octanol–water partition coefficient (Wildman–Crippen LogP) is 7.32. The van der Waals surface area contributed by atoms with E-state index in [0.717, 1.165) is 61.3 Å². The third kappa shape index (κ3) is 6.16. The number of anilines is 1. The zero-order valence-corrected chi connectivity index (χ0v) is 25.5. The van der Waals surface area contributed by atoms with Crippen LogP contribution in [0.3, 0.4) is 0 Å². The topological polar surface area (TPSA) is 79.4 Å². The van der Waals surface area contributed by atoms with Gasteiger partial charge in [-0.2, -0.15) is 0 Å². The van der Waals surface area contributed by atoms with Crippen LogP contribution in [-0.4, -0.2) is 46.1 Å². The number of hydrogen-bond acceptors (Lipinski definition) is 7. The lowest BCUT2D eigenvalue weighted by Gasteiger charge is -2.21. The summed E-state index contributed by atoms with van der Waals surface area (Å²) in [6, 6.07) is 10.2. The summed E-state index contributed by atoms with van der Waals surface area (Å²) in [7, 11) is 0. The van der Waals surface area contributed by atoms with Gasteiger partial charge in [0.2, 0.25) is 0 Å². The summed E-state index contributed by atoms with van der Waals surface area (Å²) in [4.78, 5) is 18.8. The molecule has 0 aromatic carbocycles. The van der Waals surface area contributed by atoms with Gasteiger partial charge in [-0.05, 0) is 56.0 Å². The van der Waals surface area contributed by atoms with Gasteiger partial charge in [0.25, 0.3) is 5.92 Å². The monoisotopic (exact) mass is 598 g/mol. The van der Waals surface area contributed by atoms with E-state index in [-0.39, 0.29) is 18.9 Å². The van der Waals surface area contributed by atoms with Gasteiger partial charge in [0.05, 0.1) is 34.2 Å². The number of pyridine rings is 2. The maximum absolute atomic E-state index is 13.8. The Morgan fingerprint density at radius 2 is 2.09 bits per heavy atom. The van der Waals surface area contributed by atoms with Crippen molar-refractivity contribution in [2.24, 2.45) is 16.6 Å². The van der Waals surface area contributed by atoms with Crippen LogP contribution in [0.5, 0.6) is 0 Å². The van der Waals surface area contributed by atoms with Gasteiger partial charge in [-0.3, -0.25) is 14.9 Å². The van der Waals surface area contributed by atoms with Gasteiger partial charge < -0.3 is 11.1 Å². The van der Waals surface area contributed by atoms with Gasteiger partial charge in [-0.25, -0.2) is 13.8 Å². The first-order chi connectivity index (χ1) is 20.6. The average molecular weight is 599 g/mol. The minimum absolute atomic E-state index is 0.0922. The van der Waals surface area contributed by atoms with E-state index >= 15 is 0 Å². The fourth-order valence-corrected chi connectivity index (χ4v) is 6.73. The van der Waals surface area contributed by atoms with E-state index in [1.807, 2.05) is 43.5 Å². The molecule has 3 N–H and O–H groups in total. The third-order valence-electron chi connectivity index (χ3n) is 8.04. The zero-order valence-electron chi connectivity index (χ0n) is 24.7. The molecule has 9 heteroatoms. The molecular weight excluding hydrogens is 562 g/mol. The number of thiophene rings is 1. The fourth-order valence-electron chi connectivity index (χ4n) is 5.84. The summed E-state index contributed by atoms with van der Waals surface area (Å²) in [6.45, 7) is 10.8. The van der Waals surface area contributed by atoms with Gasteiger partial charge in [-0.15, -0.1) is 17.9 Å². The second-order valence-electron chi connectivity index (χ2n) is 11.6. The first-order valence-electron chi connectivity index (χ1n) is 14.6. The highest BCUT2D eigenvalue weighted by Crippen LogP contribution is 2.37. The summed E-state index contributed by atoms with van der Waals surface area (Å²) in [5.74, 6) is -2.52. The highest BCUT2D eigenvalue weighted by Gasteiger charge is 2.38. The Balaban J connectivity index is 1.30. The first-order valence-corrected chi connectivity index (χ1v) is 15.4. The Hall–Kier alpha value is -3.79. The minimum atomic E-state index is -2.62. The average Bonchev–Trinajstić information content (AvgIpc) is 3.67. The number of aryl methyl sites for hydroxylation is 1. The van der Waals surface area contributed by atoms with Crippen LogP contribution >= 0.6 is 11.3 Å². The molecule has 222 valence electrons. The Morgan fingerprint density at radius 1 is 1.26 bits per heavy atom. The standard InChI is InChI=1S/C34H36F2N6S/c1-5-20(2)16-23(17-21(3)18-42-15-13-34(35,36)19-42)26-9-8-25-31(40-26)32(41-33(25)37)28-10-7-24-27(39-28)12-14-38-30(24)29-11-6-22(4)43-29/h5-6,8-12,14,16-17,20,33,39H,1,7,13,15,18-19,37H2,2-4H3/b21-17+,23-16+/t20-,33+/m0/s1. The van der Waals surface area contributed by atoms with Crippen LogP contribution < -0.4 is 11.1 Å². The summed E-state index contributed by atoms with van der Waals surface area (Å²) in [5, 5.41) is 3.58. The highest BCUT2D eigenvalue weighted by molar-refractivity contribution is 7.15. The molecule has 43 heavy (non-hydrogen) atoms. The molecule has 0 amide bonds. The van der Waals surface area contributed by atoms with E-state index in [1.165, 1.54) is 4.88 Å². The number of rotatable bonds is 8. The van der Waals surface area contributed by atoms with Crippen molar-refractivity contribution in [3.05, 3.63) is 106 Å². The van der Waals surface area contributed by atoms with Gasteiger partial charge in [0, 0.05) is 47.4 Å². The SMILES string of the molecule is C=C[C@H](C)/C=C(\C=C(/C)CN1CCC(F)(F)C1)c1ccc2c(n1)C(C1=CCc3c(ccnc3-c3ccc(C)s3)N1)=N[C@H]2N. The van der Waals surface area contributed by atoms with E-state index in [0.29, 0.717) is 19.5 Å². The maximum atomic E-state index is 13.8. The smallest absolute Gasteiger partial charge is 0.261 e. The molecule has 6 nitrogen and oxygen atoms in total. The molecule has 6 heterocycles. The number of halogens is 2. The number of fused-ring (bicyclic) bond motifs is 2. The van der Waals surface area contributed by atoms with Crippen molar-refractivity contribution in [3.8, 4) is 10.6 Å². The van der Waals surface area contributed by atoms with Crippen LogP contribution in [-0.2, 0) is 6.42 Å². The molecule has 3 aliphatic rings. The van der Waals surface area contributed by atoms with Crippen molar-refractivity contribution in [2.75, 3.05) is 25.0 Å². The Bertz CT molecular complexity index is 1700. The molecule has 3 aromatic heterocycles. The van der Waals surface area contributed by atoms with Crippen LogP contribution in [0, 0.1) is 12.8 Å². The Labute approximate surface area is 255 Å². The number of hydrogen-bond donors (Lipinski definition) is 2. The Kier molecular flexibility index (Phi) is 7.98. The molecular formula is C34H36F2N6S. The zero-order chi connectivity index (χ0) is 30.3. The number of likely N-dealkylation sites (tertiary alicyclic amines) is 1. The number of aromatic nitrogens is 2. The van der Waals surface area contributed by atoms with E-state index < -0.39 is 12.1 Å². The Morgan fingerprint density at radius 3 is 2.81 bits per heavy atom. The molecule has 1 saturated heterocycles. The minimum Gasteiger partial charge on any atom is -0.354 e. The van der Waals surface area contributed by atoms with Gasteiger partial charge in [-0.1, -0.05) is 42.9 Å². The lowest BCUT2D eigenvalue weighted by Crippen LogP contribution is -2.26. The predicted molar refractivity (Wildman–Crippen MR) is 172 cm³/mol. The van der Waals surface area contributed by atoms with E-state index in [2.05, 4.69) is 50.0 Å². The van der Waals surface area contributed by atoms with Crippen molar-refractivity contribution in [2.45, 2.75) is 45.7 Å². The van der Waals surface area contributed by atoms with Crippen molar-refractivity contribution in [1.82, 2.24) is 14.9 Å². The molecule has 0 radical (unpaired) electrons. The molecule has 2 atom stereocenters. The van der Waals surface area contributed by atoms with Crippen LogP contribution in [0.25, 0.3) is 16.1 Å². The summed E-state index contributed by atoms with van der Waals surface area (Å²) in [5.41, 5.74) is 15.5. The molecule has 1 fully saturated rings. The van der Waals surface area contributed by atoms with Crippen LogP contribution in [0.4, 0.5) is 14.5 Å². The van der Waals surface area contributed by atoms with Gasteiger partial charge >= 0.3 is 0 Å². The molecule has 3 aromatic rings. The van der Waals surface area contributed by atoms with Gasteiger partial charge in [0.15, 0.2) is 0 Å². The normalized spacial score (nSPS) is 20.7. The van der Waals surface area contributed by atoms with E-state index in [4.69, 9.17) is 20.7 Å². The molecule has 0 unspecified atom stereocenters. The lowest BCUT2D eigenvalue weighted by atomic mass is 9.98. The number of nitrogens with two attached hydrogens (primary N) is 1. The van der Waals surface area contributed by atoms with Crippen molar-refractivity contribution in [3.63, 3.8) is 0 Å². The van der Waals surface area contributed by atoms with Crippen LogP contribution in [0.15, 0.2) is 83.7 Å². The molecule has 0 aliphatic carbocycles. The molecule has 0 bridgehead atoms. The van der Waals surface area contributed by atoms with E-state index in [1.54, 1.807) is 16.2 Å². The van der Waals surface area contributed by atoms with Crippen LogP contribution in [0.2, 0.25) is 0 Å². The van der Waals surface area contributed by atoms with E-state index in [9.17, 15) is 8.78 Å². The summed E-state index contributed by atoms with van der Waals surface area (Å²) in [6.07, 6.45) is 10.1. The highest BCUT2D eigenvalue weighted by atomic mass is 32.1. The molecule has 6 rings (SSSR count). The number of alkyl halides is 2.